The van der Waals surface area contributed by atoms with Crippen LogP contribution in [-0.4, -0.2) is 24.4 Å². The quantitative estimate of drug-likeness (QED) is 0.608. The van der Waals surface area contributed by atoms with Crippen molar-refractivity contribution in [3.63, 3.8) is 0 Å². The Hall–Kier alpha value is 0.680. The van der Waals surface area contributed by atoms with Gasteiger partial charge in [0.1, 0.15) is 0 Å². The molecule has 1 rings (SSSR count). The number of rotatable bonds is 2. The lowest BCUT2D eigenvalue weighted by Gasteiger charge is -2.29. The van der Waals surface area contributed by atoms with Gasteiger partial charge in [-0.1, -0.05) is 30.5 Å². The smallest absolute Gasteiger partial charge is 0.0652 e. The molecule has 0 N–H and O–H groups in total. The molecule has 0 radical (unpaired) electrons. The van der Waals surface area contributed by atoms with Crippen molar-refractivity contribution in [1.29, 1.82) is 0 Å². The third-order valence-electron chi connectivity index (χ3n) is 2.26. The molecule has 11 heavy (non-hydrogen) atoms. The van der Waals surface area contributed by atoms with E-state index < -0.39 is 0 Å². The number of halogens is 1. The molecule has 1 atom stereocenters. The van der Waals surface area contributed by atoms with Gasteiger partial charge in [-0.05, 0) is 26.9 Å². The summed E-state index contributed by atoms with van der Waals surface area (Å²) in [5.41, 5.74) is 0.801. The number of nitrogens with zero attached hydrogens (tertiary/aromatic N) is 1. The van der Waals surface area contributed by atoms with Gasteiger partial charge in [-0.15, -0.1) is 0 Å². The molecule has 0 aromatic heterocycles. The van der Waals surface area contributed by atoms with E-state index in [9.17, 15) is 0 Å². The van der Waals surface area contributed by atoms with Gasteiger partial charge in [0.05, 0.1) is 7.43 Å². The van der Waals surface area contributed by atoms with Gasteiger partial charge in [-0.2, -0.15) is 0 Å². The van der Waals surface area contributed by atoms with Crippen LogP contribution >= 0.6 is 18.7 Å². The monoisotopic (exact) mass is 193 g/mol. The van der Waals surface area contributed by atoms with Crippen molar-refractivity contribution in [1.82, 2.24) is 4.67 Å². The SMILES string of the molecule is CN(C)P(Cl)C1CCCCC1. The molecule has 1 unspecified atom stereocenters. The highest BCUT2D eigenvalue weighted by Crippen LogP contribution is 2.53. The standard InChI is InChI=1S/C8H17ClNP/c1-10(2)11(9)8-6-4-3-5-7-8/h8H,3-7H2,1-2H3. The first-order valence-electron chi connectivity index (χ1n) is 4.34. The minimum atomic E-state index is -0.352. The maximum atomic E-state index is 6.29. The molecule has 66 valence electrons. The minimum absolute atomic E-state index is 0.352. The lowest BCUT2D eigenvalue weighted by molar-refractivity contribution is 0.501. The Balaban J connectivity index is 2.32. The Kier molecular flexibility index (Phi) is 4.12. The van der Waals surface area contributed by atoms with Crippen molar-refractivity contribution in [2.24, 2.45) is 0 Å². The van der Waals surface area contributed by atoms with Crippen LogP contribution in [-0.2, 0) is 0 Å². The molecule has 0 aromatic rings. The second kappa shape index (κ2) is 4.64. The molecule has 0 heterocycles. The molecule has 0 saturated heterocycles. The predicted octanol–water partition coefficient (Wildman–Crippen LogP) is 3.43. The highest BCUT2D eigenvalue weighted by Gasteiger charge is 2.22. The summed E-state index contributed by atoms with van der Waals surface area (Å²) < 4.78 is 2.19. The van der Waals surface area contributed by atoms with Gasteiger partial charge in [-0.3, -0.25) is 4.67 Å². The lowest BCUT2D eigenvalue weighted by atomic mass is 10.0. The molecule has 1 aliphatic carbocycles. The first kappa shape index (κ1) is 9.77. The van der Waals surface area contributed by atoms with Gasteiger partial charge in [0.2, 0.25) is 0 Å². The van der Waals surface area contributed by atoms with Crippen molar-refractivity contribution in [3.8, 4) is 0 Å². The second-order valence-electron chi connectivity index (χ2n) is 3.43. The first-order chi connectivity index (χ1) is 5.22. The zero-order chi connectivity index (χ0) is 8.27. The second-order valence-corrected chi connectivity index (χ2v) is 6.57. The number of hydrogen-bond acceptors (Lipinski definition) is 1. The minimum Gasteiger partial charge on any atom is -0.276 e. The highest BCUT2D eigenvalue weighted by atomic mass is 35.7. The van der Waals surface area contributed by atoms with Crippen LogP contribution in [0.3, 0.4) is 0 Å². The van der Waals surface area contributed by atoms with Gasteiger partial charge in [0.15, 0.2) is 0 Å². The van der Waals surface area contributed by atoms with Crippen LogP contribution in [0.5, 0.6) is 0 Å². The van der Waals surface area contributed by atoms with Crippen molar-refractivity contribution < 1.29 is 0 Å². The number of hydrogen-bond donors (Lipinski definition) is 0. The summed E-state index contributed by atoms with van der Waals surface area (Å²) >= 11 is 6.29. The summed E-state index contributed by atoms with van der Waals surface area (Å²) in [6.45, 7) is 0. The van der Waals surface area contributed by atoms with E-state index in [1.807, 2.05) is 0 Å². The van der Waals surface area contributed by atoms with E-state index in [0.717, 1.165) is 5.66 Å². The third-order valence-corrected chi connectivity index (χ3v) is 5.88. The van der Waals surface area contributed by atoms with Crippen LogP contribution in [0, 0.1) is 0 Å². The maximum Gasteiger partial charge on any atom is 0.0652 e. The molecule has 1 nitrogen and oxygen atoms in total. The fourth-order valence-corrected chi connectivity index (χ4v) is 3.65. The Bertz CT molecular complexity index is 113. The van der Waals surface area contributed by atoms with Crippen LogP contribution in [0.15, 0.2) is 0 Å². The van der Waals surface area contributed by atoms with Crippen molar-refractivity contribution >= 4 is 18.7 Å². The summed E-state index contributed by atoms with van der Waals surface area (Å²) in [6, 6.07) is 0. The van der Waals surface area contributed by atoms with E-state index in [1.54, 1.807) is 0 Å². The van der Waals surface area contributed by atoms with Gasteiger partial charge in [0, 0.05) is 5.66 Å². The fourth-order valence-electron chi connectivity index (χ4n) is 1.62. The molecule has 1 aliphatic rings. The van der Waals surface area contributed by atoms with Gasteiger partial charge in [-0.25, -0.2) is 0 Å². The molecule has 1 saturated carbocycles. The molecule has 0 aliphatic heterocycles. The highest BCUT2D eigenvalue weighted by molar-refractivity contribution is 7.82. The molecular weight excluding hydrogens is 177 g/mol. The lowest BCUT2D eigenvalue weighted by Crippen LogP contribution is -2.15. The summed E-state index contributed by atoms with van der Waals surface area (Å²) in [6.07, 6.45) is 6.92. The van der Waals surface area contributed by atoms with Crippen LogP contribution in [0.1, 0.15) is 32.1 Å². The van der Waals surface area contributed by atoms with E-state index in [-0.39, 0.29) is 7.43 Å². The Morgan fingerprint density at radius 3 is 2.18 bits per heavy atom. The van der Waals surface area contributed by atoms with E-state index in [0.29, 0.717) is 0 Å². The van der Waals surface area contributed by atoms with Gasteiger partial charge >= 0.3 is 0 Å². The Morgan fingerprint density at radius 1 is 1.18 bits per heavy atom. The maximum absolute atomic E-state index is 6.29. The first-order valence-corrected chi connectivity index (χ1v) is 6.61. The Labute approximate surface area is 75.7 Å². The molecule has 0 aromatic carbocycles. The Morgan fingerprint density at radius 2 is 1.73 bits per heavy atom. The summed E-state index contributed by atoms with van der Waals surface area (Å²) in [5, 5.41) is 0. The molecule has 0 amide bonds. The molecular formula is C8H17ClNP. The summed E-state index contributed by atoms with van der Waals surface area (Å²) in [4.78, 5) is 0. The van der Waals surface area contributed by atoms with Crippen molar-refractivity contribution in [2.45, 2.75) is 37.8 Å². The average molecular weight is 194 g/mol. The molecule has 1 fully saturated rings. The van der Waals surface area contributed by atoms with Gasteiger partial charge < -0.3 is 0 Å². The zero-order valence-electron chi connectivity index (χ0n) is 7.39. The summed E-state index contributed by atoms with van der Waals surface area (Å²) in [5.74, 6) is 0. The molecule has 0 spiro atoms. The fraction of sp³-hybridized carbons (Fsp3) is 1.00. The largest absolute Gasteiger partial charge is 0.276 e. The zero-order valence-corrected chi connectivity index (χ0v) is 9.04. The van der Waals surface area contributed by atoms with E-state index in [2.05, 4.69) is 18.8 Å². The van der Waals surface area contributed by atoms with E-state index >= 15 is 0 Å². The van der Waals surface area contributed by atoms with Crippen LogP contribution < -0.4 is 0 Å². The van der Waals surface area contributed by atoms with E-state index in [4.69, 9.17) is 11.2 Å². The molecule has 0 bridgehead atoms. The van der Waals surface area contributed by atoms with Crippen molar-refractivity contribution in [2.75, 3.05) is 14.1 Å². The van der Waals surface area contributed by atoms with Crippen LogP contribution in [0.4, 0.5) is 0 Å². The van der Waals surface area contributed by atoms with Gasteiger partial charge in [0.25, 0.3) is 0 Å². The topological polar surface area (TPSA) is 3.24 Å². The normalized spacial score (nSPS) is 24.0. The average Bonchev–Trinajstić information content (AvgIpc) is 2.05. The molecule has 3 heteroatoms. The third kappa shape index (κ3) is 2.89. The predicted molar refractivity (Wildman–Crippen MR) is 53.3 cm³/mol. The van der Waals surface area contributed by atoms with Crippen LogP contribution in [0.2, 0.25) is 0 Å². The summed E-state index contributed by atoms with van der Waals surface area (Å²) in [7, 11) is 3.83. The van der Waals surface area contributed by atoms with E-state index in [1.165, 1.54) is 32.1 Å². The van der Waals surface area contributed by atoms with Crippen molar-refractivity contribution in [3.05, 3.63) is 0 Å². The van der Waals surface area contributed by atoms with Crippen LogP contribution in [0.25, 0.3) is 0 Å².